The molecule has 2 aromatic carbocycles. The second-order valence-electron chi connectivity index (χ2n) is 6.23. The smallest absolute Gasteiger partial charge is 0.155 e. The molecule has 0 radical (unpaired) electrons. The molecule has 0 amide bonds. The molecule has 28 heavy (non-hydrogen) atoms. The highest BCUT2D eigenvalue weighted by molar-refractivity contribution is 6.32. The van der Waals surface area contributed by atoms with E-state index >= 15 is 0 Å². The van der Waals surface area contributed by atoms with Crippen LogP contribution in [0.25, 0.3) is 0 Å². The molecule has 3 rings (SSSR count). The average Bonchev–Trinajstić information content (AvgIpc) is 2.74. The fraction of sp³-hybridized carbons (Fsp3) is 0.227. The highest BCUT2D eigenvalue weighted by Gasteiger charge is 2.13. The molecule has 5 nitrogen and oxygen atoms in total. The number of rotatable bonds is 8. The van der Waals surface area contributed by atoms with E-state index in [0.29, 0.717) is 23.9 Å². The fourth-order valence-corrected chi connectivity index (χ4v) is 3.08. The first kappa shape index (κ1) is 19.8. The molecule has 0 saturated heterocycles. The molecular formula is C22H23ClN2O3. The van der Waals surface area contributed by atoms with Crippen LogP contribution >= 0.6 is 11.6 Å². The minimum absolute atomic E-state index is 0.530. The van der Waals surface area contributed by atoms with Crippen molar-refractivity contribution in [2.24, 2.45) is 0 Å². The van der Waals surface area contributed by atoms with E-state index in [0.717, 1.165) is 28.4 Å². The van der Waals surface area contributed by atoms with Crippen LogP contribution in [-0.4, -0.2) is 26.3 Å². The van der Waals surface area contributed by atoms with Gasteiger partial charge in [-0.25, -0.2) is 4.98 Å². The minimum Gasteiger partial charge on any atom is -0.497 e. The molecule has 0 aliphatic carbocycles. The lowest BCUT2D eigenvalue weighted by Crippen LogP contribution is -2.23. The van der Waals surface area contributed by atoms with E-state index < -0.39 is 0 Å². The summed E-state index contributed by atoms with van der Waals surface area (Å²) in [6.07, 6.45) is 1.65. The Hall–Kier alpha value is -2.92. The van der Waals surface area contributed by atoms with Crippen molar-refractivity contribution in [3.05, 3.63) is 76.9 Å². The molecule has 0 aliphatic rings. The van der Waals surface area contributed by atoms with Crippen LogP contribution in [0.4, 0.5) is 5.82 Å². The first-order valence-electron chi connectivity index (χ1n) is 8.83. The van der Waals surface area contributed by atoms with Crippen molar-refractivity contribution < 1.29 is 14.2 Å². The lowest BCUT2D eigenvalue weighted by atomic mass is 10.1. The summed E-state index contributed by atoms with van der Waals surface area (Å²) >= 11 is 6.33. The van der Waals surface area contributed by atoms with Crippen molar-refractivity contribution in [2.75, 3.05) is 26.2 Å². The predicted octanol–water partition coefficient (Wildman–Crippen LogP) is 4.97. The molecule has 0 N–H and O–H groups in total. The van der Waals surface area contributed by atoms with Gasteiger partial charge in [-0.3, -0.25) is 0 Å². The van der Waals surface area contributed by atoms with Crippen molar-refractivity contribution >= 4 is 17.4 Å². The standard InChI is InChI=1S/C22H23ClN2O3/c1-26-18-8-4-16(5-9-18)14-25(15-17-6-10-19(27-2)11-7-17)22-12-20(23)21(28-3)13-24-22/h4-13H,14-15H2,1-3H3. The molecule has 0 spiro atoms. The van der Waals surface area contributed by atoms with E-state index in [4.69, 9.17) is 25.8 Å². The summed E-state index contributed by atoms with van der Waals surface area (Å²) in [5, 5.41) is 0.530. The van der Waals surface area contributed by atoms with Crippen molar-refractivity contribution in [1.82, 2.24) is 4.98 Å². The number of pyridine rings is 1. The Kier molecular flexibility index (Phi) is 6.61. The van der Waals surface area contributed by atoms with E-state index in [-0.39, 0.29) is 0 Å². The Labute approximate surface area is 170 Å². The molecule has 0 bridgehead atoms. The van der Waals surface area contributed by atoms with Gasteiger partial charge in [0.2, 0.25) is 0 Å². The molecule has 0 aliphatic heterocycles. The summed E-state index contributed by atoms with van der Waals surface area (Å²) in [5.74, 6) is 2.99. The number of aromatic nitrogens is 1. The third kappa shape index (κ3) is 4.87. The van der Waals surface area contributed by atoms with Gasteiger partial charge in [-0.15, -0.1) is 0 Å². The number of hydrogen-bond donors (Lipinski definition) is 0. The van der Waals surface area contributed by atoms with Crippen LogP contribution in [0.3, 0.4) is 0 Å². The zero-order valence-electron chi connectivity index (χ0n) is 16.2. The van der Waals surface area contributed by atoms with Crippen molar-refractivity contribution in [2.45, 2.75) is 13.1 Å². The summed E-state index contributed by atoms with van der Waals surface area (Å²) in [4.78, 5) is 6.70. The van der Waals surface area contributed by atoms with Gasteiger partial charge in [-0.1, -0.05) is 35.9 Å². The predicted molar refractivity (Wildman–Crippen MR) is 112 cm³/mol. The third-order valence-electron chi connectivity index (χ3n) is 4.41. The Morgan fingerprint density at radius 2 is 1.29 bits per heavy atom. The molecule has 146 valence electrons. The maximum Gasteiger partial charge on any atom is 0.155 e. The number of methoxy groups -OCH3 is 3. The second-order valence-corrected chi connectivity index (χ2v) is 6.64. The first-order valence-corrected chi connectivity index (χ1v) is 9.21. The maximum absolute atomic E-state index is 6.33. The molecule has 1 heterocycles. The number of ether oxygens (including phenoxy) is 3. The Morgan fingerprint density at radius 1 is 0.786 bits per heavy atom. The van der Waals surface area contributed by atoms with Gasteiger partial charge >= 0.3 is 0 Å². The highest BCUT2D eigenvalue weighted by Crippen LogP contribution is 2.29. The maximum atomic E-state index is 6.33. The number of benzene rings is 2. The topological polar surface area (TPSA) is 43.8 Å². The number of anilines is 1. The van der Waals surface area contributed by atoms with Crippen molar-refractivity contribution in [3.63, 3.8) is 0 Å². The summed E-state index contributed by atoms with van der Waals surface area (Å²) < 4.78 is 15.7. The highest BCUT2D eigenvalue weighted by atomic mass is 35.5. The van der Waals surface area contributed by atoms with Gasteiger partial charge in [0.1, 0.15) is 17.3 Å². The van der Waals surface area contributed by atoms with E-state index in [1.807, 2.05) is 54.6 Å². The van der Waals surface area contributed by atoms with Gasteiger partial charge in [-0.2, -0.15) is 0 Å². The monoisotopic (exact) mass is 398 g/mol. The molecule has 0 saturated carbocycles. The van der Waals surface area contributed by atoms with E-state index in [1.54, 1.807) is 27.5 Å². The Bertz CT molecular complexity index is 849. The Morgan fingerprint density at radius 3 is 1.68 bits per heavy atom. The van der Waals surface area contributed by atoms with E-state index in [1.165, 1.54) is 0 Å². The summed E-state index contributed by atoms with van der Waals surface area (Å²) in [6, 6.07) is 17.8. The Balaban J connectivity index is 1.88. The number of hydrogen-bond acceptors (Lipinski definition) is 5. The zero-order chi connectivity index (χ0) is 19.9. The van der Waals surface area contributed by atoms with Gasteiger partial charge in [0, 0.05) is 19.2 Å². The first-order chi connectivity index (χ1) is 13.6. The molecule has 0 atom stereocenters. The summed E-state index contributed by atoms with van der Waals surface area (Å²) in [7, 11) is 4.90. The lowest BCUT2D eigenvalue weighted by molar-refractivity contribution is 0.413. The van der Waals surface area contributed by atoms with Crippen molar-refractivity contribution in [3.8, 4) is 17.2 Å². The van der Waals surface area contributed by atoms with Crippen LogP contribution in [0.5, 0.6) is 17.2 Å². The summed E-state index contributed by atoms with van der Waals surface area (Å²) in [5.41, 5.74) is 2.28. The zero-order valence-corrected chi connectivity index (χ0v) is 16.9. The number of halogens is 1. The fourth-order valence-electron chi connectivity index (χ4n) is 2.85. The molecule has 1 aromatic heterocycles. The van der Waals surface area contributed by atoms with Crippen LogP contribution < -0.4 is 19.1 Å². The second kappa shape index (κ2) is 9.33. The van der Waals surface area contributed by atoms with Crippen LogP contribution in [0.1, 0.15) is 11.1 Å². The van der Waals surface area contributed by atoms with E-state index in [2.05, 4.69) is 9.88 Å². The van der Waals surface area contributed by atoms with E-state index in [9.17, 15) is 0 Å². The van der Waals surface area contributed by atoms with Gasteiger partial charge in [-0.05, 0) is 35.4 Å². The molecule has 0 fully saturated rings. The van der Waals surface area contributed by atoms with Crippen molar-refractivity contribution in [1.29, 1.82) is 0 Å². The SMILES string of the molecule is COc1ccc(CN(Cc2ccc(OC)cc2)c2cc(Cl)c(OC)cn2)cc1. The minimum atomic E-state index is 0.530. The van der Waals surface area contributed by atoms with Crippen LogP contribution in [0.15, 0.2) is 60.8 Å². The van der Waals surface area contributed by atoms with Crippen LogP contribution in [0, 0.1) is 0 Å². The largest absolute Gasteiger partial charge is 0.497 e. The molecule has 0 unspecified atom stereocenters. The normalized spacial score (nSPS) is 10.4. The summed E-state index contributed by atoms with van der Waals surface area (Å²) in [6.45, 7) is 1.34. The van der Waals surface area contributed by atoms with Gasteiger partial charge in [0.15, 0.2) is 5.75 Å². The quantitative estimate of drug-likeness (QED) is 0.536. The van der Waals surface area contributed by atoms with Gasteiger partial charge in [0.05, 0.1) is 32.5 Å². The third-order valence-corrected chi connectivity index (χ3v) is 4.71. The van der Waals surface area contributed by atoms with Gasteiger partial charge in [0.25, 0.3) is 0 Å². The van der Waals surface area contributed by atoms with Crippen LogP contribution in [0.2, 0.25) is 5.02 Å². The molecule has 3 aromatic rings. The molecular weight excluding hydrogens is 376 g/mol. The van der Waals surface area contributed by atoms with Crippen LogP contribution in [-0.2, 0) is 13.1 Å². The number of nitrogens with zero attached hydrogens (tertiary/aromatic N) is 2. The van der Waals surface area contributed by atoms with Gasteiger partial charge < -0.3 is 19.1 Å². The lowest BCUT2D eigenvalue weighted by Gasteiger charge is -2.25. The average molecular weight is 399 g/mol. The molecule has 6 heteroatoms.